The van der Waals surface area contributed by atoms with Gasteiger partial charge in [0, 0.05) is 38.6 Å². The number of carbonyl (C=O) groups excluding carboxylic acids is 3. The molecule has 0 aromatic heterocycles. The summed E-state index contributed by atoms with van der Waals surface area (Å²) in [5, 5.41) is 2.48. The van der Waals surface area contributed by atoms with Gasteiger partial charge in [0.05, 0.1) is 6.04 Å². The van der Waals surface area contributed by atoms with Crippen LogP contribution in [0.1, 0.15) is 60.8 Å². The van der Waals surface area contributed by atoms with E-state index in [1.54, 1.807) is 0 Å². The third kappa shape index (κ3) is 3.57. The lowest BCUT2D eigenvalue weighted by atomic mass is 9.92. The first-order valence-electron chi connectivity index (χ1n) is 10.6. The Morgan fingerprint density at radius 1 is 0.862 bits per heavy atom. The zero-order valence-electron chi connectivity index (χ0n) is 16.6. The molecule has 0 radical (unpaired) electrons. The second-order valence-electron chi connectivity index (χ2n) is 8.83. The molecule has 7 nitrogen and oxygen atoms in total. The molecule has 0 spiro atoms. The predicted molar refractivity (Wildman–Crippen MR) is 104 cm³/mol. The Morgan fingerprint density at radius 3 is 2.00 bits per heavy atom. The standard InChI is InChI=1S/C22H27N3O4/c26-13-29-19-3-1-18(2-4-19)24-9-14-7-16-11-25(12-17(16)8-15(14)10-24)20-5-6-21(27)23-22(20)28/h7-8,13,18-20H,1-6,9-12H2,(H,23,27,28). The molecule has 5 rings (SSSR count). The van der Waals surface area contributed by atoms with Crippen LogP contribution in [0.5, 0.6) is 0 Å². The molecule has 1 unspecified atom stereocenters. The zero-order valence-corrected chi connectivity index (χ0v) is 16.6. The molecule has 2 fully saturated rings. The van der Waals surface area contributed by atoms with E-state index in [1.807, 2.05) is 0 Å². The van der Waals surface area contributed by atoms with E-state index in [9.17, 15) is 14.4 Å². The molecule has 1 saturated heterocycles. The van der Waals surface area contributed by atoms with Crippen LogP contribution in [0.15, 0.2) is 12.1 Å². The van der Waals surface area contributed by atoms with Gasteiger partial charge in [0.25, 0.3) is 6.47 Å². The van der Waals surface area contributed by atoms with Gasteiger partial charge in [-0.05, 0) is 54.4 Å². The molecule has 2 amide bonds. The van der Waals surface area contributed by atoms with Gasteiger partial charge in [0.15, 0.2) is 0 Å². The molecule has 1 N–H and O–H groups in total. The highest BCUT2D eigenvalue weighted by atomic mass is 16.5. The van der Waals surface area contributed by atoms with E-state index < -0.39 is 0 Å². The minimum atomic E-state index is -0.199. The summed E-state index contributed by atoms with van der Waals surface area (Å²) in [5.74, 6) is -0.310. The number of imide groups is 1. The van der Waals surface area contributed by atoms with Crippen LogP contribution in [0.3, 0.4) is 0 Å². The highest BCUT2D eigenvalue weighted by Gasteiger charge is 2.36. The smallest absolute Gasteiger partial charge is 0.293 e. The molecule has 1 saturated carbocycles. The van der Waals surface area contributed by atoms with Gasteiger partial charge in [-0.15, -0.1) is 0 Å². The van der Waals surface area contributed by atoms with Crippen LogP contribution in [-0.2, 0) is 45.3 Å². The molecule has 3 aliphatic heterocycles. The van der Waals surface area contributed by atoms with Crippen LogP contribution in [0, 0.1) is 0 Å². The van der Waals surface area contributed by atoms with Gasteiger partial charge in [-0.25, -0.2) is 0 Å². The first kappa shape index (κ1) is 18.8. The number of hydrogen-bond donors (Lipinski definition) is 1. The molecule has 7 heteroatoms. The van der Waals surface area contributed by atoms with Crippen molar-refractivity contribution in [2.24, 2.45) is 0 Å². The lowest BCUT2D eigenvalue weighted by Gasteiger charge is -2.33. The van der Waals surface area contributed by atoms with Gasteiger partial charge in [0.1, 0.15) is 6.10 Å². The maximum atomic E-state index is 12.2. The van der Waals surface area contributed by atoms with Crippen molar-refractivity contribution in [2.75, 3.05) is 0 Å². The van der Waals surface area contributed by atoms with Gasteiger partial charge >= 0.3 is 0 Å². The Hall–Kier alpha value is -2.25. The Bertz CT molecular complexity index is 812. The number of hydrogen-bond acceptors (Lipinski definition) is 6. The first-order valence-corrected chi connectivity index (χ1v) is 10.6. The molecule has 4 aliphatic rings. The second kappa shape index (κ2) is 7.54. The molecule has 3 heterocycles. The Kier molecular flexibility index (Phi) is 4.87. The van der Waals surface area contributed by atoms with E-state index in [-0.39, 0.29) is 24.0 Å². The molecule has 1 aromatic carbocycles. The molecular formula is C22H27N3O4. The van der Waals surface area contributed by atoms with Crippen molar-refractivity contribution >= 4 is 18.3 Å². The normalized spacial score (nSPS) is 30.0. The average molecular weight is 397 g/mol. The number of benzene rings is 1. The number of nitrogens with one attached hydrogen (secondary N) is 1. The molecule has 1 aromatic rings. The van der Waals surface area contributed by atoms with Gasteiger partial charge in [-0.1, -0.05) is 12.1 Å². The largest absolute Gasteiger partial charge is 0.465 e. The summed E-state index contributed by atoms with van der Waals surface area (Å²) in [4.78, 5) is 38.9. The van der Waals surface area contributed by atoms with Crippen molar-refractivity contribution in [3.63, 3.8) is 0 Å². The lowest BCUT2D eigenvalue weighted by molar-refractivity contribution is -0.138. The zero-order chi connectivity index (χ0) is 20.0. The van der Waals surface area contributed by atoms with Gasteiger partial charge in [0.2, 0.25) is 11.8 Å². The van der Waals surface area contributed by atoms with Crippen LogP contribution >= 0.6 is 0 Å². The number of piperidine rings is 1. The second-order valence-corrected chi connectivity index (χ2v) is 8.83. The highest BCUT2D eigenvalue weighted by molar-refractivity contribution is 6.00. The van der Waals surface area contributed by atoms with E-state index in [2.05, 4.69) is 27.2 Å². The minimum absolute atomic E-state index is 0.0933. The van der Waals surface area contributed by atoms with Crippen molar-refractivity contribution in [1.82, 2.24) is 15.1 Å². The van der Waals surface area contributed by atoms with Crippen LogP contribution in [0.25, 0.3) is 0 Å². The van der Waals surface area contributed by atoms with Gasteiger partial charge in [-0.2, -0.15) is 0 Å². The molecular weight excluding hydrogens is 370 g/mol. The summed E-state index contributed by atoms with van der Waals surface area (Å²) >= 11 is 0. The maximum absolute atomic E-state index is 12.2. The lowest BCUT2D eigenvalue weighted by Crippen LogP contribution is -2.50. The fourth-order valence-electron chi connectivity index (χ4n) is 5.50. The Labute approximate surface area is 170 Å². The van der Waals surface area contributed by atoms with Crippen LogP contribution in [0.2, 0.25) is 0 Å². The Balaban J connectivity index is 1.23. The van der Waals surface area contributed by atoms with Crippen LogP contribution in [-0.4, -0.2) is 46.3 Å². The predicted octanol–water partition coefficient (Wildman–Crippen LogP) is 1.61. The number of amides is 2. The van der Waals surface area contributed by atoms with E-state index in [4.69, 9.17) is 4.74 Å². The van der Waals surface area contributed by atoms with Crippen LogP contribution < -0.4 is 5.32 Å². The SMILES string of the molecule is O=COC1CCC(N2Cc3cc4c(cc3C2)CN(C2CCC(=O)NC2=O)C4)CC1. The quantitative estimate of drug-likeness (QED) is 0.614. The molecule has 1 atom stereocenters. The maximum Gasteiger partial charge on any atom is 0.293 e. The van der Waals surface area contributed by atoms with E-state index >= 15 is 0 Å². The average Bonchev–Trinajstić information content (AvgIpc) is 3.29. The fraction of sp³-hybridized carbons (Fsp3) is 0.591. The van der Waals surface area contributed by atoms with Crippen molar-refractivity contribution in [1.29, 1.82) is 0 Å². The Morgan fingerprint density at radius 2 is 1.45 bits per heavy atom. The number of carbonyl (C=O) groups is 3. The summed E-state index contributed by atoms with van der Waals surface area (Å²) in [6.07, 6.45) is 5.19. The highest BCUT2D eigenvalue weighted by Crippen LogP contribution is 2.36. The van der Waals surface area contributed by atoms with E-state index in [0.29, 0.717) is 25.4 Å². The summed E-state index contributed by atoms with van der Waals surface area (Å²) in [6.45, 7) is 4.10. The fourth-order valence-corrected chi connectivity index (χ4v) is 5.50. The monoisotopic (exact) mass is 397 g/mol. The van der Waals surface area contributed by atoms with Crippen molar-refractivity contribution in [2.45, 2.75) is 82.9 Å². The third-order valence-electron chi connectivity index (χ3n) is 7.07. The summed E-state index contributed by atoms with van der Waals surface area (Å²) in [5.41, 5.74) is 5.44. The van der Waals surface area contributed by atoms with Crippen LogP contribution in [0.4, 0.5) is 0 Å². The number of fused-ring (bicyclic) bond motifs is 2. The van der Waals surface area contributed by atoms with E-state index in [1.165, 1.54) is 22.3 Å². The molecule has 29 heavy (non-hydrogen) atoms. The van der Waals surface area contributed by atoms with Crippen molar-refractivity contribution in [3.05, 3.63) is 34.4 Å². The first-order chi connectivity index (χ1) is 14.1. The summed E-state index contributed by atoms with van der Waals surface area (Å²) in [7, 11) is 0. The number of rotatable bonds is 4. The van der Waals surface area contributed by atoms with Gasteiger partial charge < -0.3 is 4.74 Å². The minimum Gasteiger partial charge on any atom is -0.465 e. The van der Waals surface area contributed by atoms with Crippen molar-refractivity contribution in [3.8, 4) is 0 Å². The third-order valence-corrected chi connectivity index (χ3v) is 7.07. The number of ether oxygens (including phenoxy) is 1. The molecule has 0 bridgehead atoms. The van der Waals surface area contributed by atoms with Gasteiger partial charge in [-0.3, -0.25) is 29.5 Å². The number of nitrogens with zero attached hydrogens (tertiary/aromatic N) is 2. The van der Waals surface area contributed by atoms with E-state index in [0.717, 1.165) is 51.9 Å². The topological polar surface area (TPSA) is 79.0 Å². The molecule has 1 aliphatic carbocycles. The van der Waals surface area contributed by atoms with Crippen molar-refractivity contribution < 1.29 is 19.1 Å². The molecule has 154 valence electrons. The summed E-state index contributed by atoms with van der Waals surface area (Å²) < 4.78 is 5.13. The summed E-state index contributed by atoms with van der Waals surface area (Å²) in [6, 6.07) is 5.02.